The quantitative estimate of drug-likeness (QED) is 0.925. The molecule has 1 fully saturated rings. The molecule has 0 aliphatic carbocycles. The first kappa shape index (κ1) is 14.3. The van der Waals surface area contributed by atoms with Crippen molar-refractivity contribution in [2.24, 2.45) is 11.1 Å². The fourth-order valence-electron chi connectivity index (χ4n) is 2.62. The third kappa shape index (κ3) is 2.73. The molecule has 21 heavy (non-hydrogen) atoms. The first-order valence-electron chi connectivity index (χ1n) is 7.03. The number of thiophene rings is 1. The maximum absolute atomic E-state index is 12.5. The number of rotatable bonds is 2. The fraction of sp³-hybridized carbons (Fsp3) is 0.467. The van der Waals surface area contributed by atoms with E-state index in [1.807, 2.05) is 22.4 Å². The Hall–Kier alpha value is -1.66. The second kappa shape index (κ2) is 5.27. The van der Waals surface area contributed by atoms with Crippen LogP contribution >= 0.6 is 11.3 Å². The number of hydrogen-bond donors (Lipinski definition) is 1. The number of aromatic nitrogens is 1. The van der Waals surface area contributed by atoms with Gasteiger partial charge in [0.15, 0.2) is 11.5 Å². The lowest BCUT2D eigenvalue weighted by molar-refractivity contribution is 0.0523. The predicted molar refractivity (Wildman–Crippen MR) is 82.1 cm³/mol. The minimum atomic E-state index is -0.0819. The van der Waals surface area contributed by atoms with Gasteiger partial charge >= 0.3 is 0 Å². The van der Waals surface area contributed by atoms with Crippen LogP contribution in [0.1, 0.15) is 30.8 Å². The van der Waals surface area contributed by atoms with Crippen LogP contribution in [-0.4, -0.2) is 35.1 Å². The minimum absolute atomic E-state index is 0.0752. The SMILES string of the molecule is CC1(C)CN(C(=O)c2cc(-c3cccs3)on2)CCC1N. The number of amides is 1. The summed E-state index contributed by atoms with van der Waals surface area (Å²) in [5, 5.41) is 5.89. The largest absolute Gasteiger partial charge is 0.355 e. The van der Waals surface area contributed by atoms with Gasteiger partial charge in [0.1, 0.15) is 0 Å². The van der Waals surface area contributed by atoms with Gasteiger partial charge in [-0.15, -0.1) is 11.3 Å². The third-order valence-corrected chi connectivity index (χ3v) is 4.98. The Kier molecular flexibility index (Phi) is 3.59. The van der Waals surface area contributed by atoms with Crippen molar-refractivity contribution in [3.63, 3.8) is 0 Å². The molecule has 2 N–H and O–H groups in total. The Morgan fingerprint density at radius 2 is 2.38 bits per heavy atom. The van der Waals surface area contributed by atoms with Crippen molar-refractivity contribution in [2.75, 3.05) is 13.1 Å². The summed E-state index contributed by atoms with van der Waals surface area (Å²) in [4.78, 5) is 15.3. The fourth-order valence-corrected chi connectivity index (χ4v) is 3.29. The molecule has 1 aliphatic rings. The highest BCUT2D eigenvalue weighted by Gasteiger charge is 2.36. The summed E-state index contributed by atoms with van der Waals surface area (Å²) in [5.41, 5.74) is 6.40. The average molecular weight is 305 g/mol. The van der Waals surface area contributed by atoms with Crippen molar-refractivity contribution in [1.82, 2.24) is 10.1 Å². The standard InChI is InChI=1S/C15H19N3O2S/c1-15(2)9-18(6-5-13(15)16)14(19)10-8-11(20-17-10)12-4-3-7-21-12/h3-4,7-8,13H,5-6,9,16H2,1-2H3. The van der Waals surface area contributed by atoms with Gasteiger partial charge in [0, 0.05) is 25.2 Å². The van der Waals surface area contributed by atoms with E-state index in [2.05, 4.69) is 19.0 Å². The molecule has 6 heteroatoms. The molecule has 0 radical (unpaired) electrons. The van der Waals surface area contributed by atoms with Crippen LogP contribution in [0, 0.1) is 5.41 Å². The van der Waals surface area contributed by atoms with E-state index in [1.54, 1.807) is 17.4 Å². The van der Waals surface area contributed by atoms with E-state index in [0.29, 0.717) is 24.5 Å². The number of carbonyl (C=O) groups is 1. The van der Waals surface area contributed by atoms with Crippen LogP contribution in [0.5, 0.6) is 0 Å². The Bertz CT molecular complexity index is 633. The summed E-state index contributed by atoms with van der Waals surface area (Å²) >= 11 is 1.56. The van der Waals surface area contributed by atoms with Gasteiger partial charge in [-0.25, -0.2) is 0 Å². The first-order valence-corrected chi connectivity index (χ1v) is 7.91. The van der Waals surface area contributed by atoms with E-state index in [9.17, 15) is 4.79 Å². The summed E-state index contributed by atoms with van der Waals surface area (Å²) in [6.07, 6.45) is 0.814. The van der Waals surface area contributed by atoms with Crippen molar-refractivity contribution in [3.05, 3.63) is 29.3 Å². The monoisotopic (exact) mass is 305 g/mol. The molecule has 0 spiro atoms. The Labute approximate surface area is 127 Å². The predicted octanol–water partition coefficient (Wildman–Crippen LogP) is 2.60. The Morgan fingerprint density at radius 3 is 3.05 bits per heavy atom. The second-order valence-corrected chi connectivity index (χ2v) is 7.11. The average Bonchev–Trinajstić information content (AvgIpc) is 3.10. The van der Waals surface area contributed by atoms with Gasteiger partial charge in [-0.1, -0.05) is 25.1 Å². The molecule has 1 amide bonds. The van der Waals surface area contributed by atoms with Gasteiger partial charge in [-0.3, -0.25) is 4.79 Å². The maximum atomic E-state index is 12.5. The highest BCUT2D eigenvalue weighted by atomic mass is 32.1. The molecule has 1 atom stereocenters. The number of carbonyl (C=O) groups excluding carboxylic acids is 1. The van der Waals surface area contributed by atoms with Crippen LogP contribution in [0.2, 0.25) is 0 Å². The molecule has 2 aromatic rings. The van der Waals surface area contributed by atoms with Crippen LogP contribution in [0.3, 0.4) is 0 Å². The summed E-state index contributed by atoms with van der Waals surface area (Å²) in [5.74, 6) is 0.558. The summed E-state index contributed by atoms with van der Waals surface area (Å²) < 4.78 is 5.28. The van der Waals surface area contributed by atoms with Crippen molar-refractivity contribution in [3.8, 4) is 10.6 Å². The van der Waals surface area contributed by atoms with Crippen LogP contribution in [0.15, 0.2) is 28.1 Å². The van der Waals surface area contributed by atoms with Crippen LogP contribution in [-0.2, 0) is 0 Å². The van der Waals surface area contributed by atoms with E-state index >= 15 is 0 Å². The van der Waals surface area contributed by atoms with Gasteiger partial charge in [0.2, 0.25) is 0 Å². The van der Waals surface area contributed by atoms with Gasteiger partial charge < -0.3 is 15.2 Å². The zero-order valence-corrected chi connectivity index (χ0v) is 13.0. The van der Waals surface area contributed by atoms with Crippen molar-refractivity contribution < 1.29 is 9.32 Å². The van der Waals surface area contributed by atoms with E-state index in [0.717, 1.165) is 11.3 Å². The molecule has 1 saturated heterocycles. The molecular weight excluding hydrogens is 286 g/mol. The molecule has 0 bridgehead atoms. The van der Waals surface area contributed by atoms with Gasteiger partial charge in [-0.2, -0.15) is 0 Å². The van der Waals surface area contributed by atoms with E-state index in [-0.39, 0.29) is 17.4 Å². The van der Waals surface area contributed by atoms with Crippen molar-refractivity contribution in [2.45, 2.75) is 26.3 Å². The number of nitrogens with two attached hydrogens (primary N) is 1. The van der Waals surface area contributed by atoms with E-state index in [4.69, 9.17) is 10.3 Å². The Morgan fingerprint density at radius 1 is 1.57 bits per heavy atom. The molecule has 1 aliphatic heterocycles. The van der Waals surface area contributed by atoms with E-state index in [1.165, 1.54) is 0 Å². The summed E-state index contributed by atoms with van der Waals surface area (Å²) in [6.45, 7) is 5.51. The molecule has 3 rings (SSSR count). The smallest absolute Gasteiger partial charge is 0.276 e. The van der Waals surface area contributed by atoms with Crippen molar-refractivity contribution in [1.29, 1.82) is 0 Å². The number of likely N-dealkylation sites (tertiary alicyclic amines) is 1. The van der Waals surface area contributed by atoms with Crippen LogP contribution in [0.4, 0.5) is 0 Å². The van der Waals surface area contributed by atoms with E-state index < -0.39 is 0 Å². The number of piperidine rings is 1. The van der Waals surface area contributed by atoms with Crippen molar-refractivity contribution >= 4 is 17.2 Å². The minimum Gasteiger partial charge on any atom is -0.355 e. The lowest BCUT2D eigenvalue weighted by atomic mass is 9.79. The molecule has 1 unspecified atom stereocenters. The molecule has 3 heterocycles. The van der Waals surface area contributed by atoms with Crippen LogP contribution in [0.25, 0.3) is 10.6 Å². The molecular formula is C15H19N3O2S. The zero-order valence-electron chi connectivity index (χ0n) is 12.2. The summed E-state index contributed by atoms with van der Waals surface area (Å²) in [6, 6.07) is 5.73. The highest BCUT2D eigenvalue weighted by molar-refractivity contribution is 7.13. The maximum Gasteiger partial charge on any atom is 0.276 e. The second-order valence-electron chi connectivity index (χ2n) is 6.16. The lowest BCUT2D eigenvalue weighted by Gasteiger charge is -2.42. The van der Waals surface area contributed by atoms with Gasteiger partial charge in [0.25, 0.3) is 5.91 Å². The molecule has 0 aromatic carbocycles. The molecule has 5 nitrogen and oxygen atoms in total. The molecule has 0 saturated carbocycles. The zero-order chi connectivity index (χ0) is 15.0. The highest BCUT2D eigenvalue weighted by Crippen LogP contribution is 2.30. The van der Waals surface area contributed by atoms with Crippen LogP contribution < -0.4 is 5.73 Å². The number of hydrogen-bond acceptors (Lipinski definition) is 5. The Balaban J connectivity index is 1.77. The lowest BCUT2D eigenvalue weighted by Crippen LogP contribution is -2.54. The number of nitrogens with zero attached hydrogens (tertiary/aromatic N) is 2. The first-order chi connectivity index (χ1) is 9.97. The normalized spacial score (nSPS) is 21.5. The molecule has 2 aromatic heterocycles. The topological polar surface area (TPSA) is 72.4 Å². The third-order valence-electron chi connectivity index (χ3n) is 4.09. The van der Waals surface area contributed by atoms with Gasteiger partial charge in [0.05, 0.1) is 4.88 Å². The molecule has 112 valence electrons. The van der Waals surface area contributed by atoms with Gasteiger partial charge in [-0.05, 0) is 23.3 Å². The summed E-state index contributed by atoms with van der Waals surface area (Å²) in [7, 11) is 0.